The van der Waals surface area contributed by atoms with E-state index in [1.165, 1.54) is 22.9 Å². The van der Waals surface area contributed by atoms with E-state index >= 15 is 0 Å². The van der Waals surface area contributed by atoms with Crippen LogP contribution in [0.15, 0.2) is 54.2 Å². The molecule has 162 valence electrons. The molecule has 3 aromatic rings. The molecule has 0 aliphatic rings. The first-order valence-corrected chi connectivity index (χ1v) is 11.2. The van der Waals surface area contributed by atoms with E-state index in [0.717, 1.165) is 11.3 Å². The molecular weight excluding hydrogens is 432 g/mol. The maximum absolute atomic E-state index is 12.4. The molecule has 0 aliphatic heterocycles. The fourth-order valence-electron chi connectivity index (χ4n) is 2.84. The fourth-order valence-corrected chi connectivity index (χ4v) is 3.78. The Morgan fingerprint density at radius 3 is 2.68 bits per heavy atom. The van der Waals surface area contributed by atoms with E-state index in [0.29, 0.717) is 28.2 Å². The SMILES string of the molecule is C=CCn1c(COc2ccc(C)c(C)c2)nnc1SCC(=O)Nc1cc(Cl)ccc1C. The Morgan fingerprint density at radius 1 is 1.16 bits per heavy atom. The van der Waals surface area contributed by atoms with Gasteiger partial charge in [-0.25, -0.2) is 0 Å². The number of hydrogen-bond acceptors (Lipinski definition) is 5. The number of hydrogen-bond donors (Lipinski definition) is 1. The summed E-state index contributed by atoms with van der Waals surface area (Å²) in [4.78, 5) is 12.4. The van der Waals surface area contributed by atoms with Crippen LogP contribution in [0.4, 0.5) is 5.69 Å². The quantitative estimate of drug-likeness (QED) is 0.347. The largest absolute Gasteiger partial charge is 0.486 e. The average Bonchev–Trinajstić information content (AvgIpc) is 3.12. The van der Waals surface area contributed by atoms with Crippen molar-refractivity contribution in [2.75, 3.05) is 11.1 Å². The van der Waals surface area contributed by atoms with Crippen LogP contribution < -0.4 is 10.1 Å². The highest BCUT2D eigenvalue weighted by Crippen LogP contribution is 2.23. The molecular formula is C23H25ClN4O2S. The Balaban J connectivity index is 1.64. The molecule has 1 heterocycles. The van der Waals surface area contributed by atoms with Crippen molar-refractivity contribution in [2.45, 2.75) is 39.1 Å². The first-order valence-electron chi connectivity index (χ1n) is 9.79. The Hall–Kier alpha value is -2.77. The predicted molar refractivity (Wildman–Crippen MR) is 126 cm³/mol. The van der Waals surface area contributed by atoms with Gasteiger partial charge in [0.05, 0.1) is 5.75 Å². The number of aromatic nitrogens is 3. The maximum Gasteiger partial charge on any atom is 0.234 e. The van der Waals surface area contributed by atoms with Crippen molar-refractivity contribution in [3.63, 3.8) is 0 Å². The minimum atomic E-state index is -0.142. The Bertz CT molecular complexity index is 1100. The summed E-state index contributed by atoms with van der Waals surface area (Å²) in [6, 6.07) is 11.4. The van der Waals surface area contributed by atoms with Crippen LogP contribution in [0.2, 0.25) is 5.02 Å². The smallest absolute Gasteiger partial charge is 0.234 e. The standard InChI is InChI=1S/C23H25ClN4O2S/c1-5-10-28-21(13-30-19-9-7-15(2)17(4)11-19)26-27-23(28)31-14-22(29)25-20-12-18(24)8-6-16(20)3/h5-9,11-12H,1,10,13-14H2,2-4H3,(H,25,29). The van der Waals surface area contributed by atoms with Gasteiger partial charge >= 0.3 is 0 Å². The van der Waals surface area contributed by atoms with E-state index in [4.69, 9.17) is 16.3 Å². The molecule has 0 aliphatic carbocycles. The third-order valence-corrected chi connectivity index (χ3v) is 5.96. The number of amides is 1. The second-order valence-corrected chi connectivity index (χ2v) is 8.51. The van der Waals surface area contributed by atoms with Crippen molar-refractivity contribution < 1.29 is 9.53 Å². The van der Waals surface area contributed by atoms with Gasteiger partial charge in [0.25, 0.3) is 0 Å². The number of allylic oxidation sites excluding steroid dienone is 1. The summed E-state index contributed by atoms with van der Waals surface area (Å²) >= 11 is 7.33. The first kappa shape index (κ1) is 22.9. The van der Waals surface area contributed by atoms with E-state index in [1.54, 1.807) is 18.2 Å². The molecule has 0 bridgehead atoms. The lowest BCUT2D eigenvalue weighted by Crippen LogP contribution is -2.15. The molecule has 0 atom stereocenters. The number of carbonyl (C=O) groups is 1. The van der Waals surface area contributed by atoms with E-state index in [2.05, 4.69) is 29.0 Å². The molecule has 0 saturated heterocycles. The number of thioether (sulfide) groups is 1. The lowest BCUT2D eigenvalue weighted by molar-refractivity contribution is -0.113. The fraction of sp³-hybridized carbons (Fsp3) is 0.261. The first-order chi connectivity index (χ1) is 14.9. The molecule has 1 aromatic heterocycles. The normalized spacial score (nSPS) is 10.7. The van der Waals surface area contributed by atoms with Crippen LogP contribution in [0.25, 0.3) is 0 Å². The van der Waals surface area contributed by atoms with Crippen LogP contribution in [0, 0.1) is 20.8 Å². The molecule has 0 spiro atoms. The topological polar surface area (TPSA) is 69.0 Å². The van der Waals surface area contributed by atoms with Crippen molar-refractivity contribution in [1.82, 2.24) is 14.8 Å². The van der Waals surface area contributed by atoms with Gasteiger partial charge in [-0.05, 0) is 61.7 Å². The number of nitrogens with one attached hydrogen (secondary N) is 1. The van der Waals surface area contributed by atoms with Gasteiger partial charge < -0.3 is 10.1 Å². The van der Waals surface area contributed by atoms with E-state index in [1.807, 2.05) is 42.7 Å². The number of ether oxygens (including phenoxy) is 1. The highest BCUT2D eigenvalue weighted by Gasteiger charge is 2.15. The molecule has 0 radical (unpaired) electrons. The third-order valence-electron chi connectivity index (χ3n) is 4.76. The zero-order valence-electron chi connectivity index (χ0n) is 17.8. The van der Waals surface area contributed by atoms with Crippen LogP contribution in [-0.2, 0) is 17.9 Å². The number of nitrogens with zero attached hydrogens (tertiary/aromatic N) is 3. The van der Waals surface area contributed by atoms with Crippen LogP contribution in [0.3, 0.4) is 0 Å². The van der Waals surface area contributed by atoms with Gasteiger partial charge in [-0.1, -0.05) is 41.6 Å². The molecule has 8 heteroatoms. The highest BCUT2D eigenvalue weighted by atomic mass is 35.5. The Morgan fingerprint density at radius 2 is 1.94 bits per heavy atom. The molecule has 0 unspecified atom stereocenters. The maximum atomic E-state index is 12.4. The highest BCUT2D eigenvalue weighted by molar-refractivity contribution is 7.99. The summed E-state index contributed by atoms with van der Waals surface area (Å²) in [6.45, 7) is 10.6. The molecule has 6 nitrogen and oxygen atoms in total. The van der Waals surface area contributed by atoms with Crippen LogP contribution in [0.5, 0.6) is 5.75 Å². The molecule has 1 N–H and O–H groups in total. The predicted octanol–water partition coefficient (Wildman–Crippen LogP) is 5.35. The lowest BCUT2D eigenvalue weighted by atomic mass is 10.1. The second kappa shape index (κ2) is 10.5. The van der Waals surface area contributed by atoms with Crippen LogP contribution in [-0.4, -0.2) is 26.4 Å². The minimum Gasteiger partial charge on any atom is -0.486 e. The average molecular weight is 457 g/mol. The van der Waals surface area contributed by atoms with Crippen LogP contribution in [0.1, 0.15) is 22.5 Å². The summed E-state index contributed by atoms with van der Waals surface area (Å²) in [5, 5.41) is 12.6. The molecule has 1 amide bonds. The monoisotopic (exact) mass is 456 g/mol. The number of halogens is 1. The van der Waals surface area contributed by atoms with Gasteiger partial charge in [0.1, 0.15) is 12.4 Å². The van der Waals surface area contributed by atoms with Gasteiger partial charge in [-0.3, -0.25) is 9.36 Å². The van der Waals surface area contributed by atoms with E-state index < -0.39 is 0 Å². The third kappa shape index (κ3) is 6.12. The van der Waals surface area contributed by atoms with E-state index in [-0.39, 0.29) is 18.3 Å². The number of anilines is 1. The lowest BCUT2D eigenvalue weighted by Gasteiger charge is -2.11. The number of aryl methyl sites for hydroxylation is 3. The summed E-state index contributed by atoms with van der Waals surface area (Å²) in [5.74, 6) is 1.50. The molecule has 2 aromatic carbocycles. The van der Waals surface area contributed by atoms with E-state index in [9.17, 15) is 4.79 Å². The van der Waals surface area contributed by atoms with Crippen molar-refractivity contribution >= 4 is 35.0 Å². The number of benzene rings is 2. The molecule has 0 saturated carbocycles. The summed E-state index contributed by atoms with van der Waals surface area (Å²) in [7, 11) is 0. The second-order valence-electron chi connectivity index (χ2n) is 7.13. The molecule has 31 heavy (non-hydrogen) atoms. The van der Waals surface area contributed by atoms with Crippen molar-refractivity contribution in [2.24, 2.45) is 0 Å². The zero-order valence-corrected chi connectivity index (χ0v) is 19.4. The van der Waals surface area contributed by atoms with Crippen molar-refractivity contribution in [1.29, 1.82) is 0 Å². The van der Waals surface area contributed by atoms with Gasteiger partial charge in [0, 0.05) is 17.3 Å². The van der Waals surface area contributed by atoms with Crippen LogP contribution >= 0.6 is 23.4 Å². The Labute approximate surface area is 191 Å². The Kier molecular flexibility index (Phi) is 7.76. The number of carbonyl (C=O) groups excluding carboxylic acids is 1. The van der Waals surface area contributed by atoms with Crippen molar-refractivity contribution in [3.8, 4) is 5.75 Å². The summed E-state index contributed by atoms with van der Waals surface area (Å²) in [6.07, 6.45) is 1.77. The molecule has 0 fully saturated rings. The summed E-state index contributed by atoms with van der Waals surface area (Å²) in [5.41, 5.74) is 4.03. The summed E-state index contributed by atoms with van der Waals surface area (Å²) < 4.78 is 7.80. The van der Waals surface area contributed by atoms with Gasteiger partial charge in [-0.2, -0.15) is 0 Å². The van der Waals surface area contributed by atoms with Gasteiger partial charge in [0.2, 0.25) is 5.91 Å². The van der Waals surface area contributed by atoms with Gasteiger partial charge in [-0.15, -0.1) is 16.8 Å². The van der Waals surface area contributed by atoms with Gasteiger partial charge in [0.15, 0.2) is 11.0 Å². The zero-order chi connectivity index (χ0) is 22.4. The molecule has 3 rings (SSSR count). The minimum absolute atomic E-state index is 0.142. The van der Waals surface area contributed by atoms with Crippen molar-refractivity contribution in [3.05, 3.63) is 76.6 Å². The number of rotatable bonds is 9.